The Balaban J connectivity index is 1.28. The van der Waals surface area contributed by atoms with E-state index in [1.165, 1.54) is 18.6 Å². The lowest BCUT2D eigenvalue weighted by molar-refractivity contribution is -0.0498. The summed E-state index contributed by atoms with van der Waals surface area (Å²) in [7, 11) is 0. The Morgan fingerprint density at radius 2 is 1.89 bits per heavy atom. The summed E-state index contributed by atoms with van der Waals surface area (Å²) in [5.41, 5.74) is 2.01. The number of halogens is 2. The average Bonchev–Trinajstić information content (AvgIpc) is 3.32. The van der Waals surface area contributed by atoms with Crippen LogP contribution in [-0.2, 0) is 25.9 Å². The van der Waals surface area contributed by atoms with Gasteiger partial charge in [-0.05, 0) is 36.6 Å². The van der Waals surface area contributed by atoms with E-state index in [2.05, 4.69) is 29.9 Å². The number of para-hydroxylation sites is 1. The normalized spacial score (nSPS) is 13.6. The molecule has 2 aromatic heterocycles. The number of hydrogen-bond donors (Lipinski definition) is 1. The topological polar surface area (TPSA) is 86.9 Å². The number of fused-ring (bicyclic) bond motifs is 2. The Bertz CT molecular complexity index is 1320. The summed E-state index contributed by atoms with van der Waals surface area (Å²) in [4.78, 5) is 13.0. The Kier molecular flexibility index (Phi) is 6.69. The molecule has 4 aromatic rings. The van der Waals surface area contributed by atoms with E-state index in [1.54, 1.807) is 16.8 Å². The number of aryl methyl sites for hydroxylation is 1. The molecule has 0 atom stereocenters. The zero-order valence-electron chi connectivity index (χ0n) is 19.2. The molecule has 1 aliphatic heterocycles. The van der Waals surface area contributed by atoms with Crippen LogP contribution in [0.5, 0.6) is 5.75 Å². The molecule has 0 saturated carbocycles. The lowest BCUT2D eigenvalue weighted by atomic mass is 10.2. The highest BCUT2D eigenvalue weighted by Gasteiger charge is 2.18. The van der Waals surface area contributed by atoms with Crippen LogP contribution in [0, 0.1) is 0 Å². The lowest BCUT2D eigenvalue weighted by Gasteiger charge is -2.07. The Labute approximate surface area is 200 Å². The Morgan fingerprint density at radius 1 is 1.06 bits per heavy atom. The molecule has 0 saturated heterocycles. The fourth-order valence-electron chi connectivity index (χ4n) is 4.47. The Morgan fingerprint density at radius 3 is 2.71 bits per heavy atom. The highest BCUT2D eigenvalue weighted by Crippen LogP contribution is 2.21. The van der Waals surface area contributed by atoms with E-state index in [9.17, 15) is 13.6 Å². The minimum Gasteiger partial charge on any atom is -0.435 e. The maximum Gasteiger partial charge on any atom is 0.387 e. The first-order valence-corrected chi connectivity index (χ1v) is 11.8. The van der Waals surface area contributed by atoms with Crippen molar-refractivity contribution in [2.75, 3.05) is 6.54 Å². The molecule has 0 radical (unpaired) electrons. The number of carbonyl (C=O) groups is 1. The zero-order chi connectivity index (χ0) is 24.2. The van der Waals surface area contributed by atoms with Gasteiger partial charge in [0.25, 0.3) is 5.91 Å². The average molecular weight is 481 g/mol. The number of amides is 1. The van der Waals surface area contributed by atoms with Crippen molar-refractivity contribution in [3.05, 3.63) is 71.4 Å². The van der Waals surface area contributed by atoms with Crippen molar-refractivity contribution in [1.82, 2.24) is 29.9 Å². The van der Waals surface area contributed by atoms with E-state index in [1.807, 2.05) is 24.3 Å². The SMILES string of the molecule is O=C(NCCc1nnc2n1CCCCC2)c1nn(Cc2ccc(OC(F)F)cc2)c2ccccc12. The number of carbonyl (C=O) groups excluding carboxylic acids is 1. The molecule has 0 unspecified atom stereocenters. The molecular weight excluding hydrogens is 454 g/mol. The van der Waals surface area contributed by atoms with Gasteiger partial charge in [0, 0.05) is 31.3 Å². The molecule has 1 amide bonds. The fourth-order valence-corrected chi connectivity index (χ4v) is 4.47. The molecule has 182 valence electrons. The van der Waals surface area contributed by atoms with Crippen LogP contribution in [0.4, 0.5) is 8.78 Å². The van der Waals surface area contributed by atoms with Crippen LogP contribution in [0.1, 0.15) is 47.0 Å². The second-order valence-electron chi connectivity index (χ2n) is 8.55. The van der Waals surface area contributed by atoms with Crippen LogP contribution < -0.4 is 10.1 Å². The van der Waals surface area contributed by atoms with Crippen LogP contribution in [-0.4, -0.2) is 43.6 Å². The van der Waals surface area contributed by atoms with Crippen molar-refractivity contribution < 1.29 is 18.3 Å². The fraction of sp³-hybridized carbons (Fsp3) is 0.360. The van der Waals surface area contributed by atoms with E-state index in [0.29, 0.717) is 25.2 Å². The number of nitrogens with zero attached hydrogens (tertiary/aromatic N) is 5. The van der Waals surface area contributed by atoms with Gasteiger partial charge in [-0.25, -0.2) is 0 Å². The molecule has 8 nitrogen and oxygen atoms in total. The number of alkyl halides is 2. The third kappa shape index (κ3) is 5.16. The van der Waals surface area contributed by atoms with E-state index in [-0.39, 0.29) is 11.7 Å². The standard InChI is InChI=1S/C25H26F2N6O2/c26-25(27)35-18-11-9-17(10-12-18)16-33-20-7-4-3-6-19(20)23(31-33)24(34)28-14-13-22-30-29-21-8-2-1-5-15-32(21)22/h3-4,6-7,9-12,25H,1-2,5,8,13-16H2,(H,28,34). The van der Waals surface area contributed by atoms with Crippen molar-refractivity contribution in [2.45, 2.75) is 51.8 Å². The number of nitrogens with one attached hydrogen (secondary N) is 1. The van der Waals surface area contributed by atoms with Crippen molar-refractivity contribution in [2.24, 2.45) is 0 Å². The van der Waals surface area contributed by atoms with Crippen LogP contribution in [0.15, 0.2) is 48.5 Å². The molecule has 0 spiro atoms. The highest BCUT2D eigenvalue weighted by atomic mass is 19.3. The molecule has 3 heterocycles. The maximum atomic E-state index is 13.0. The minimum atomic E-state index is -2.86. The summed E-state index contributed by atoms with van der Waals surface area (Å²) in [5, 5.41) is 16.9. The Hall–Kier alpha value is -3.82. The van der Waals surface area contributed by atoms with E-state index >= 15 is 0 Å². The molecule has 35 heavy (non-hydrogen) atoms. The largest absolute Gasteiger partial charge is 0.435 e. The van der Waals surface area contributed by atoms with Gasteiger partial charge in [-0.15, -0.1) is 10.2 Å². The molecule has 1 aliphatic rings. The first-order valence-electron chi connectivity index (χ1n) is 11.8. The molecule has 10 heteroatoms. The zero-order valence-corrected chi connectivity index (χ0v) is 19.2. The van der Waals surface area contributed by atoms with Crippen LogP contribution in [0.2, 0.25) is 0 Å². The van der Waals surface area contributed by atoms with Gasteiger partial charge in [-0.1, -0.05) is 36.8 Å². The second kappa shape index (κ2) is 10.2. The summed E-state index contributed by atoms with van der Waals surface area (Å²) < 4.78 is 33.1. The number of aromatic nitrogens is 5. The van der Waals surface area contributed by atoms with Crippen LogP contribution in [0.3, 0.4) is 0 Å². The smallest absolute Gasteiger partial charge is 0.387 e. The number of hydrogen-bond acceptors (Lipinski definition) is 5. The third-order valence-electron chi connectivity index (χ3n) is 6.17. The molecule has 1 N–H and O–H groups in total. The summed E-state index contributed by atoms with van der Waals surface area (Å²) in [6.45, 7) is -1.12. The van der Waals surface area contributed by atoms with E-state index < -0.39 is 6.61 Å². The first kappa shape index (κ1) is 22.9. The minimum absolute atomic E-state index is 0.0960. The monoisotopic (exact) mass is 480 g/mol. The van der Waals surface area contributed by atoms with Gasteiger partial charge in [0.2, 0.25) is 0 Å². The van der Waals surface area contributed by atoms with Gasteiger partial charge in [-0.3, -0.25) is 9.48 Å². The number of rotatable bonds is 8. The van der Waals surface area contributed by atoms with Gasteiger partial charge in [0.05, 0.1) is 12.1 Å². The predicted molar refractivity (Wildman–Crippen MR) is 126 cm³/mol. The van der Waals surface area contributed by atoms with Gasteiger partial charge >= 0.3 is 6.61 Å². The molecule has 0 fully saturated rings. The molecule has 2 aromatic carbocycles. The molecular formula is C25H26F2N6O2. The summed E-state index contributed by atoms with van der Waals surface area (Å²) in [5.74, 6) is 1.77. The highest BCUT2D eigenvalue weighted by molar-refractivity contribution is 6.04. The third-order valence-corrected chi connectivity index (χ3v) is 6.17. The molecule has 0 aliphatic carbocycles. The summed E-state index contributed by atoms with van der Waals surface area (Å²) in [6, 6.07) is 13.9. The van der Waals surface area contributed by atoms with E-state index in [4.69, 9.17) is 0 Å². The van der Waals surface area contributed by atoms with E-state index in [0.717, 1.165) is 53.9 Å². The quantitative estimate of drug-likeness (QED) is 0.412. The van der Waals surface area contributed by atoms with Crippen molar-refractivity contribution in [3.8, 4) is 5.75 Å². The lowest BCUT2D eigenvalue weighted by Crippen LogP contribution is -2.27. The van der Waals surface area contributed by atoms with Crippen molar-refractivity contribution in [1.29, 1.82) is 0 Å². The summed E-state index contributed by atoms with van der Waals surface area (Å²) >= 11 is 0. The number of benzene rings is 2. The first-order chi connectivity index (χ1) is 17.1. The van der Waals surface area contributed by atoms with Crippen LogP contribution in [0.25, 0.3) is 10.9 Å². The van der Waals surface area contributed by atoms with Crippen molar-refractivity contribution >= 4 is 16.8 Å². The van der Waals surface area contributed by atoms with Crippen molar-refractivity contribution in [3.63, 3.8) is 0 Å². The second-order valence-corrected chi connectivity index (χ2v) is 8.55. The van der Waals surface area contributed by atoms with Gasteiger partial charge in [0.1, 0.15) is 17.4 Å². The van der Waals surface area contributed by atoms with Gasteiger partial charge < -0.3 is 14.6 Å². The molecule has 5 rings (SSSR count). The van der Waals surface area contributed by atoms with Gasteiger partial charge in [0.15, 0.2) is 5.69 Å². The number of ether oxygens (including phenoxy) is 1. The van der Waals surface area contributed by atoms with Gasteiger partial charge in [-0.2, -0.15) is 13.9 Å². The predicted octanol–water partition coefficient (Wildman–Crippen LogP) is 3.98. The summed E-state index contributed by atoms with van der Waals surface area (Å²) in [6.07, 6.45) is 5.01. The maximum absolute atomic E-state index is 13.0. The van der Waals surface area contributed by atoms with Crippen LogP contribution >= 0.6 is 0 Å². The molecule has 0 bridgehead atoms.